The van der Waals surface area contributed by atoms with Gasteiger partial charge in [0, 0.05) is 30.7 Å². The Morgan fingerprint density at radius 2 is 1.79 bits per heavy atom. The van der Waals surface area contributed by atoms with E-state index in [1.54, 1.807) is 0 Å². The maximum absolute atomic E-state index is 11.1. The molecular weight excluding hydrogens is 194 g/mol. The zero-order chi connectivity index (χ0) is 10.8. The lowest BCUT2D eigenvalue weighted by atomic mass is 10.00. The van der Waals surface area contributed by atoms with Crippen LogP contribution in [-0.4, -0.2) is 27.9 Å². The second-order valence-corrected chi connectivity index (χ2v) is 6.57. The molecule has 82 valence electrons. The molecule has 1 fully saturated rings. The summed E-state index contributed by atoms with van der Waals surface area (Å²) in [6.07, 6.45) is 1.47. The molecule has 0 aromatic heterocycles. The van der Waals surface area contributed by atoms with Gasteiger partial charge >= 0.3 is 0 Å². The van der Waals surface area contributed by atoms with E-state index in [1.807, 2.05) is 11.9 Å². The molecule has 1 heterocycles. The molecule has 0 unspecified atom stereocenters. The second-order valence-electron chi connectivity index (χ2n) is 4.82. The fourth-order valence-electron chi connectivity index (χ4n) is 1.27. The fourth-order valence-corrected chi connectivity index (χ4v) is 2.51. The van der Waals surface area contributed by atoms with Crippen LogP contribution in [0.25, 0.3) is 0 Å². The molecule has 1 aliphatic rings. The smallest absolute Gasteiger partial charge is 0.135 e. The minimum Gasteiger partial charge on any atom is -0.300 e. The van der Waals surface area contributed by atoms with E-state index >= 15 is 0 Å². The predicted molar refractivity (Wildman–Crippen MR) is 62.3 cm³/mol. The van der Waals surface area contributed by atoms with E-state index in [2.05, 4.69) is 32.0 Å². The summed E-state index contributed by atoms with van der Waals surface area (Å²) in [4.78, 5) is 11.1. The molecule has 14 heavy (non-hydrogen) atoms. The maximum atomic E-state index is 11.1. The molecule has 0 bridgehead atoms. The van der Waals surface area contributed by atoms with Crippen LogP contribution in [0.2, 0.25) is 0 Å². The van der Waals surface area contributed by atoms with Gasteiger partial charge in [-0.2, -0.15) is 0 Å². The van der Waals surface area contributed by atoms with Crippen LogP contribution >= 0.6 is 11.9 Å². The van der Waals surface area contributed by atoms with Crippen LogP contribution < -0.4 is 0 Å². The second kappa shape index (κ2) is 4.67. The highest BCUT2D eigenvalue weighted by Crippen LogP contribution is 2.35. The standard InChI is InChI=1S/C11H21NOS/c1-9(2)11(3,4)14-12-7-5-10(13)6-8-12/h9H,5-8H2,1-4H3. The van der Waals surface area contributed by atoms with Crippen LogP contribution in [0.5, 0.6) is 0 Å². The van der Waals surface area contributed by atoms with E-state index < -0.39 is 0 Å². The van der Waals surface area contributed by atoms with E-state index in [1.165, 1.54) is 0 Å². The van der Waals surface area contributed by atoms with Crippen molar-refractivity contribution in [2.24, 2.45) is 5.92 Å². The van der Waals surface area contributed by atoms with Crippen LogP contribution in [0.3, 0.4) is 0 Å². The highest BCUT2D eigenvalue weighted by Gasteiger charge is 2.28. The van der Waals surface area contributed by atoms with E-state index in [-0.39, 0.29) is 4.75 Å². The first kappa shape index (κ1) is 12.1. The topological polar surface area (TPSA) is 20.3 Å². The highest BCUT2D eigenvalue weighted by molar-refractivity contribution is 7.98. The maximum Gasteiger partial charge on any atom is 0.135 e. The van der Waals surface area contributed by atoms with Crippen molar-refractivity contribution in [1.29, 1.82) is 0 Å². The summed E-state index contributed by atoms with van der Waals surface area (Å²) in [5.41, 5.74) is 0. The Balaban J connectivity index is 2.41. The van der Waals surface area contributed by atoms with Crippen LogP contribution in [0.4, 0.5) is 0 Å². The SMILES string of the molecule is CC(C)C(C)(C)SN1CCC(=O)CC1. The monoisotopic (exact) mass is 215 g/mol. The molecule has 0 saturated carbocycles. The van der Waals surface area contributed by atoms with Gasteiger partial charge < -0.3 is 0 Å². The minimum atomic E-state index is 0.278. The number of piperidine rings is 1. The fraction of sp³-hybridized carbons (Fsp3) is 0.909. The van der Waals surface area contributed by atoms with Gasteiger partial charge in [-0.05, 0) is 19.8 Å². The third-order valence-corrected chi connectivity index (χ3v) is 4.60. The lowest BCUT2D eigenvalue weighted by molar-refractivity contribution is -0.120. The van der Waals surface area contributed by atoms with Crippen molar-refractivity contribution in [3.05, 3.63) is 0 Å². The van der Waals surface area contributed by atoms with Crippen molar-refractivity contribution in [2.45, 2.75) is 45.3 Å². The molecule has 2 nitrogen and oxygen atoms in total. The number of rotatable bonds is 3. The van der Waals surface area contributed by atoms with Crippen molar-refractivity contribution in [2.75, 3.05) is 13.1 Å². The average molecular weight is 215 g/mol. The van der Waals surface area contributed by atoms with E-state index in [4.69, 9.17) is 0 Å². The van der Waals surface area contributed by atoms with Crippen molar-refractivity contribution in [3.8, 4) is 0 Å². The van der Waals surface area contributed by atoms with Gasteiger partial charge in [-0.15, -0.1) is 0 Å². The summed E-state index contributed by atoms with van der Waals surface area (Å²) in [6, 6.07) is 0. The number of nitrogens with zero attached hydrogens (tertiary/aromatic N) is 1. The molecule has 0 atom stereocenters. The quantitative estimate of drug-likeness (QED) is 0.675. The Morgan fingerprint density at radius 1 is 1.29 bits per heavy atom. The Hall–Kier alpha value is -0.0200. The van der Waals surface area contributed by atoms with Crippen LogP contribution in [0.15, 0.2) is 0 Å². The first-order chi connectivity index (χ1) is 6.42. The van der Waals surface area contributed by atoms with Gasteiger partial charge in [0.15, 0.2) is 0 Å². The number of hydrogen-bond acceptors (Lipinski definition) is 3. The van der Waals surface area contributed by atoms with Crippen LogP contribution in [0, 0.1) is 5.92 Å². The molecule has 1 saturated heterocycles. The van der Waals surface area contributed by atoms with Crippen LogP contribution in [0.1, 0.15) is 40.5 Å². The number of carbonyl (C=O) groups is 1. The lowest BCUT2D eigenvalue weighted by Crippen LogP contribution is -2.35. The Morgan fingerprint density at radius 3 is 2.21 bits per heavy atom. The summed E-state index contributed by atoms with van der Waals surface area (Å²) in [6.45, 7) is 10.9. The molecule has 1 aliphatic heterocycles. The van der Waals surface area contributed by atoms with E-state index in [9.17, 15) is 4.79 Å². The predicted octanol–water partition coefficient (Wildman–Crippen LogP) is 2.73. The summed E-state index contributed by atoms with van der Waals surface area (Å²) in [5.74, 6) is 1.08. The molecule has 0 amide bonds. The summed E-state index contributed by atoms with van der Waals surface area (Å²) in [7, 11) is 0. The first-order valence-corrected chi connectivity index (χ1v) is 6.15. The number of Topliss-reactive ketones (excluding diaryl/α,β-unsaturated/α-hetero) is 1. The lowest BCUT2D eigenvalue weighted by Gasteiger charge is -2.35. The Bertz CT molecular complexity index is 203. The van der Waals surface area contributed by atoms with E-state index in [0.717, 1.165) is 25.9 Å². The Kier molecular flexibility index (Phi) is 4.02. The van der Waals surface area contributed by atoms with Gasteiger partial charge in [-0.25, -0.2) is 4.31 Å². The number of hydrogen-bond donors (Lipinski definition) is 0. The molecule has 0 spiro atoms. The Labute approximate surface area is 91.6 Å². The first-order valence-electron chi connectivity index (χ1n) is 5.37. The third kappa shape index (κ3) is 3.28. The molecule has 0 N–H and O–H groups in total. The molecule has 0 radical (unpaired) electrons. The molecule has 3 heteroatoms. The summed E-state index contributed by atoms with van der Waals surface area (Å²) < 4.78 is 2.63. The minimum absolute atomic E-state index is 0.278. The molecule has 0 aliphatic carbocycles. The average Bonchev–Trinajstić information content (AvgIpc) is 2.08. The highest BCUT2D eigenvalue weighted by atomic mass is 32.2. The van der Waals surface area contributed by atoms with Crippen molar-refractivity contribution in [1.82, 2.24) is 4.31 Å². The third-order valence-electron chi connectivity index (χ3n) is 3.03. The van der Waals surface area contributed by atoms with Gasteiger partial charge in [-0.3, -0.25) is 4.79 Å². The van der Waals surface area contributed by atoms with Gasteiger partial charge in [0.1, 0.15) is 5.78 Å². The zero-order valence-corrected chi connectivity index (χ0v) is 10.5. The normalized spacial score (nSPS) is 20.5. The number of ketones is 1. The summed E-state index contributed by atoms with van der Waals surface area (Å²) in [5, 5.41) is 0. The molecule has 0 aromatic carbocycles. The van der Waals surface area contributed by atoms with Crippen molar-refractivity contribution < 1.29 is 4.79 Å². The van der Waals surface area contributed by atoms with Crippen molar-refractivity contribution >= 4 is 17.7 Å². The summed E-state index contributed by atoms with van der Waals surface area (Å²) >= 11 is 1.91. The van der Waals surface area contributed by atoms with E-state index in [0.29, 0.717) is 11.7 Å². The van der Waals surface area contributed by atoms with Gasteiger partial charge in [0.25, 0.3) is 0 Å². The van der Waals surface area contributed by atoms with Gasteiger partial charge in [0.2, 0.25) is 0 Å². The zero-order valence-electron chi connectivity index (χ0n) is 9.67. The van der Waals surface area contributed by atoms with Gasteiger partial charge in [-0.1, -0.05) is 25.8 Å². The largest absolute Gasteiger partial charge is 0.300 e. The van der Waals surface area contributed by atoms with Crippen molar-refractivity contribution in [3.63, 3.8) is 0 Å². The molecular formula is C11H21NOS. The molecule has 1 rings (SSSR count). The van der Waals surface area contributed by atoms with Crippen LogP contribution in [-0.2, 0) is 4.79 Å². The van der Waals surface area contributed by atoms with Gasteiger partial charge in [0.05, 0.1) is 0 Å². The molecule has 0 aromatic rings. The number of carbonyl (C=O) groups excluding carboxylic acids is 1.